The minimum absolute atomic E-state index is 0.0174. The number of halogens is 2. The molecule has 0 saturated carbocycles. The molecule has 1 fully saturated rings. The molecule has 4 nitrogen and oxygen atoms in total. The first-order valence-electron chi connectivity index (χ1n) is 10.9. The number of rotatable bonds is 6. The maximum Gasteiger partial charge on any atom is 0.266 e. The first-order valence-corrected chi connectivity index (χ1v) is 12.4. The Labute approximate surface area is 214 Å². The standard InChI is InChI=1S/C27H24Cl2N2O2S/c1-17(2)31-26(32)25(34-27(31)30-21-11-8-18(3)9-12-21)15-20-6-4-5-7-24(20)33-16-19-10-13-22(28)23(29)14-19/h4-15,17H,16H2,1-3H3/b25-15+,30-27?. The van der Waals surface area contributed by atoms with Crippen LogP contribution in [-0.2, 0) is 11.4 Å². The number of amidine groups is 1. The Kier molecular flexibility index (Phi) is 7.67. The van der Waals surface area contributed by atoms with E-state index in [4.69, 9.17) is 32.9 Å². The minimum atomic E-state index is -0.0647. The van der Waals surface area contributed by atoms with Crippen molar-refractivity contribution in [3.63, 3.8) is 0 Å². The lowest BCUT2D eigenvalue weighted by atomic mass is 10.1. The minimum Gasteiger partial charge on any atom is -0.488 e. The number of hydrogen-bond donors (Lipinski definition) is 0. The van der Waals surface area contributed by atoms with E-state index in [9.17, 15) is 4.79 Å². The number of thioether (sulfide) groups is 1. The third-order valence-electron chi connectivity index (χ3n) is 5.20. The molecule has 1 aliphatic rings. The second-order valence-corrected chi connectivity index (χ2v) is 10.0. The van der Waals surface area contributed by atoms with Crippen molar-refractivity contribution in [1.82, 2.24) is 4.90 Å². The number of para-hydroxylation sites is 1. The highest BCUT2D eigenvalue weighted by molar-refractivity contribution is 8.18. The van der Waals surface area contributed by atoms with Crippen LogP contribution in [0.2, 0.25) is 10.0 Å². The van der Waals surface area contributed by atoms with Gasteiger partial charge in [0, 0.05) is 11.6 Å². The van der Waals surface area contributed by atoms with Crippen LogP contribution in [0.5, 0.6) is 5.75 Å². The van der Waals surface area contributed by atoms with Crippen LogP contribution in [-0.4, -0.2) is 22.0 Å². The van der Waals surface area contributed by atoms with Crippen molar-refractivity contribution >= 4 is 57.8 Å². The van der Waals surface area contributed by atoms with Gasteiger partial charge in [-0.1, -0.05) is 65.2 Å². The Bertz CT molecular complexity index is 1270. The van der Waals surface area contributed by atoms with Gasteiger partial charge in [-0.05, 0) is 74.5 Å². The number of aryl methyl sites for hydroxylation is 1. The lowest BCUT2D eigenvalue weighted by Gasteiger charge is -2.19. The first kappa shape index (κ1) is 24.4. The number of nitrogens with zero attached hydrogens (tertiary/aromatic N) is 2. The van der Waals surface area contributed by atoms with E-state index in [2.05, 4.69) is 0 Å². The Morgan fingerprint density at radius 1 is 1.03 bits per heavy atom. The molecule has 3 aromatic rings. The topological polar surface area (TPSA) is 41.9 Å². The molecular weight excluding hydrogens is 487 g/mol. The smallest absolute Gasteiger partial charge is 0.266 e. The first-order chi connectivity index (χ1) is 16.3. The Morgan fingerprint density at radius 3 is 2.47 bits per heavy atom. The van der Waals surface area contributed by atoms with Gasteiger partial charge in [-0.25, -0.2) is 4.99 Å². The maximum absolute atomic E-state index is 13.3. The molecule has 1 saturated heterocycles. The molecule has 3 aromatic carbocycles. The zero-order valence-electron chi connectivity index (χ0n) is 19.1. The summed E-state index contributed by atoms with van der Waals surface area (Å²) in [5.74, 6) is 0.611. The zero-order valence-corrected chi connectivity index (χ0v) is 21.4. The lowest BCUT2D eigenvalue weighted by Crippen LogP contribution is -2.35. The summed E-state index contributed by atoms with van der Waals surface area (Å²) < 4.78 is 6.06. The van der Waals surface area contributed by atoms with E-state index in [0.29, 0.717) is 32.5 Å². The molecule has 0 bridgehead atoms. The summed E-state index contributed by atoms with van der Waals surface area (Å²) in [5, 5.41) is 1.66. The molecule has 34 heavy (non-hydrogen) atoms. The van der Waals surface area contributed by atoms with Gasteiger partial charge in [-0.2, -0.15) is 0 Å². The second-order valence-electron chi connectivity index (χ2n) is 8.18. The van der Waals surface area contributed by atoms with Crippen molar-refractivity contribution in [2.75, 3.05) is 0 Å². The molecule has 0 radical (unpaired) electrons. The lowest BCUT2D eigenvalue weighted by molar-refractivity contribution is -0.123. The van der Waals surface area contributed by atoms with Crippen molar-refractivity contribution in [2.24, 2.45) is 4.99 Å². The van der Waals surface area contributed by atoms with E-state index >= 15 is 0 Å². The third kappa shape index (κ3) is 5.66. The molecule has 7 heteroatoms. The highest BCUT2D eigenvalue weighted by atomic mass is 35.5. The van der Waals surface area contributed by atoms with Crippen molar-refractivity contribution < 1.29 is 9.53 Å². The average molecular weight is 511 g/mol. The third-order valence-corrected chi connectivity index (χ3v) is 6.92. The second kappa shape index (κ2) is 10.7. The Hall–Kier alpha value is -2.73. The summed E-state index contributed by atoms with van der Waals surface area (Å²) in [5.41, 5.74) is 3.71. The fourth-order valence-electron chi connectivity index (χ4n) is 3.41. The van der Waals surface area contributed by atoms with Gasteiger partial charge in [0.2, 0.25) is 0 Å². The molecule has 174 valence electrons. The normalized spacial score (nSPS) is 16.2. The monoisotopic (exact) mass is 510 g/mol. The van der Waals surface area contributed by atoms with E-state index in [1.807, 2.05) is 81.4 Å². The fraction of sp³-hybridized carbons (Fsp3) is 0.185. The summed E-state index contributed by atoms with van der Waals surface area (Å²) in [4.78, 5) is 20.3. The zero-order chi connectivity index (χ0) is 24.2. The highest BCUT2D eigenvalue weighted by Crippen LogP contribution is 2.37. The molecular formula is C27H24Cl2N2O2S. The van der Waals surface area contributed by atoms with Crippen LogP contribution in [0.25, 0.3) is 6.08 Å². The van der Waals surface area contributed by atoms with Gasteiger partial charge >= 0.3 is 0 Å². The number of hydrogen-bond acceptors (Lipinski definition) is 4. The molecule has 1 aliphatic heterocycles. The molecule has 0 spiro atoms. The summed E-state index contributed by atoms with van der Waals surface area (Å²) in [7, 11) is 0. The maximum atomic E-state index is 13.3. The average Bonchev–Trinajstić information content (AvgIpc) is 3.11. The molecule has 0 atom stereocenters. The molecule has 0 N–H and O–H groups in total. The van der Waals surface area contributed by atoms with Crippen molar-refractivity contribution in [3.8, 4) is 5.75 Å². The summed E-state index contributed by atoms with van der Waals surface area (Å²) in [6.07, 6.45) is 1.87. The van der Waals surface area contributed by atoms with Crippen LogP contribution < -0.4 is 4.74 Å². The number of carbonyl (C=O) groups is 1. The van der Waals surface area contributed by atoms with Gasteiger partial charge in [0.1, 0.15) is 12.4 Å². The van der Waals surface area contributed by atoms with Gasteiger partial charge in [0.25, 0.3) is 5.91 Å². The van der Waals surface area contributed by atoms with E-state index in [1.54, 1.807) is 17.0 Å². The molecule has 1 amide bonds. The van der Waals surface area contributed by atoms with Crippen LogP contribution in [0, 0.1) is 6.92 Å². The van der Waals surface area contributed by atoms with Gasteiger partial charge in [-0.15, -0.1) is 0 Å². The molecule has 4 rings (SSSR count). The summed E-state index contributed by atoms with van der Waals surface area (Å²) in [6, 6.07) is 21.0. The van der Waals surface area contributed by atoms with Crippen LogP contribution >= 0.6 is 35.0 Å². The van der Waals surface area contributed by atoms with Crippen LogP contribution in [0.4, 0.5) is 5.69 Å². The van der Waals surface area contributed by atoms with Crippen LogP contribution in [0.3, 0.4) is 0 Å². The summed E-state index contributed by atoms with van der Waals surface area (Å²) in [6.45, 7) is 6.34. The number of benzene rings is 3. The van der Waals surface area contributed by atoms with Crippen molar-refractivity contribution in [3.05, 3.63) is 98.4 Å². The van der Waals surface area contributed by atoms with Gasteiger partial charge < -0.3 is 4.74 Å². The SMILES string of the molecule is Cc1ccc(N=C2S/C(=C/c3ccccc3OCc3ccc(Cl)c(Cl)c3)C(=O)N2C(C)C)cc1. The molecule has 0 aromatic heterocycles. The van der Waals surface area contributed by atoms with Crippen LogP contribution in [0.15, 0.2) is 76.6 Å². The van der Waals surface area contributed by atoms with E-state index in [1.165, 1.54) is 11.8 Å². The van der Waals surface area contributed by atoms with E-state index < -0.39 is 0 Å². The summed E-state index contributed by atoms with van der Waals surface area (Å²) >= 11 is 13.5. The molecule has 0 unspecified atom stereocenters. The number of aliphatic imine (C=N–C) groups is 1. The molecule has 0 aliphatic carbocycles. The Morgan fingerprint density at radius 2 is 1.76 bits per heavy atom. The van der Waals surface area contributed by atoms with Crippen LogP contribution in [0.1, 0.15) is 30.5 Å². The number of carbonyl (C=O) groups excluding carboxylic acids is 1. The van der Waals surface area contributed by atoms with Crippen molar-refractivity contribution in [2.45, 2.75) is 33.4 Å². The highest BCUT2D eigenvalue weighted by Gasteiger charge is 2.35. The largest absolute Gasteiger partial charge is 0.488 e. The predicted octanol–water partition coefficient (Wildman–Crippen LogP) is 7.89. The number of amides is 1. The molecule has 1 heterocycles. The Balaban J connectivity index is 1.60. The van der Waals surface area contributed by atoms with E-state index in [0.717, 1.165) is 22.4 Å². The fourth-order valence-corrected chi connectivity index (χ4v) is 4.84. The van der Waals surface area contributed by atoms with Gasteiger partial charge in [-0.3, -0.25) is 9.69 Å². The number of ether oxygens (including phenoxy) is 1. The predicted molar refractivity (Wildman–Crippen MR) is 143 cm³/mol. The van der Waals surface area contributed by atoms with E-state index in [-0.39, 0.29) is 11.9 Å². The quantitative estimate of drug-likeness (QED) is 0.316. The van der Waals surface area contributed by atoms with Gasteiger partial charge in [0.15, 0.2) is 5.17 Å². The van der Waals surface area contributed by atoms with Crippen molar-refractivity contribution in [1.29, 1.82) is 0 Å². The van der Waals surface area contributed by atoms with Gasteiger partial charge in [0.05, 0.1) is 20.6 Å².